The molecule has 3 rings (SSSR count). The van der Waals surface area contributed by atoms with Crippen LogP contribution in [-0.2, 0) is 36.8 Å². The van der Waals surface area contributed by atoms with E-state index in [9.17, 15) is 29.1 Å². The van der Waals surface area contributed by atoms with Gasteiger partial charge >= 0.3 is 5.97 Å². The minimum absolute atomic E-state index is 0.0677. The molecular weight excluding hydrogens is 494 g/mol. The Morgan fingerprint density at radius 2 is 1.84 bits per heavy atom. The van der Waals surface area contributed by atoms with Crippen molar-refractivity contribution in [2.75, 3.05) is 6.54 Å². The quantitative estimate of drug-likeness (QED) is 0.186. The molecule has 0 bridgehead atoms. The molecule has 4 amide bonds. The van der Waals surface area contributed by atoms with Crippen LogP contribution in [0, 0.1) is 0 Å². The molecule has 4 unspecified atom stereocenters. The molecule has 1 fully saturated rings. The first kappa shape index (κ1) is 28.3. The van der Waals surface area contributed by atoms with Crippen molar-refractivity contribution in [1.82, 2.24) is 25.5 Å². The maximum atomic E-state index is 13.2. The average Bonchev–Trinajstić information content (AvgIpc) is 3.58. The predicted octanol–water partition coefficient (Wildman–Crippen LogP) is -1.17. The monoisotopic (exact) mass is 527 g/mol. The number of nitrogens with two attached hydrogens (primary N) is 2. The van der Waals surface area contributed by atoms with Gasteiger partial charge in [0.1, 0.15) is 18.1 Å². The van der Waals surface area contributed by atoms with Crippen LogP contribution in [0.25, 0.3) is 0 Å². The van der Waals surface area contributed by atoms with Gasteiger partial charge in [-0.25, -0.2) is 9.78 Å². The third-order valence-electron chi connectivity index (χ3n) is 6.36. The third-order valence-corrected chi connectivity index (χ3v) is 6.36. The molecule has 38 heavy (non-hydrogen) atoms. The van der Waals surface area contributed by atoms with E-state index >= 15 is 0 Å². The number of aromatic nitrogens is 2. The van der Waals surface area contributed by atoms with Crippen molar-refractivity contribution in [2.24, 2.45) is 11.5 Å². The summed E-state index contributed by atoms with van der Waals surface area (Å²) in [6, 6.07) is 5.02. The molecule has 2 heterocycles. The fraction of sp³-hybridized carbons (Fsp3) is 0.440. The number of nitrogens with one attached hydrogen (secondary N) is 3. The summed E-state index contributed by atoms with van der Waals surface area (Å²) in [4.78, 5) is 70.4. The summed E-state index contributed by atoms with van der Waals surface area (Å²) >= 11 is 0. The number of nitrogens with zero attached hydrogens (tertiary/aromatic N) is 2. The van der Waals surface area contributed by atoms with Crippen molar-refractivity contribution in [3.05, 3.63) is 54.1 Å². The lowest BCUT2D eigenvalue weighted by atomic mass is 10.0. The molecule has 1 aromatic heterocycles. The Morgan fingerprint density at radius 3 is 2.47 bits per heavy atom. The van der Waals surface area contributed by atoms with E-state index in [1.165, 1.54) is 17.4 Å². The van der Waals surface area contributed by atoms with E-state index in [1.54, 1.807) is 0 Å². The highest BCUT2D eigenvalue weighted by molar-refractivity contribution is 5.94. The van der Waals surface area contributed by atoms with Crippen LogP contribution in [0.2, 0.25) is 0 Å². The Morgan fingerprint density at radius 1 is 1.11 bits per heavy atom. The molecule has 0 aliphatic carbocycles. The van der Waals surface area contributed by atoms with Gasteiger partial charge < -0.3 is 37.1 Å². The first-order valence-corrected chi connectivity index (χ1v) is 12.3. The van der Waals surface area contributed by atoms with E-state index < -0.39 is 47.9 Å². The third kappa shape index (κ3) is 7.87. The van der Waals surface area contributed by atoms with Crippen molar-refractivity contribution >= 4 is 29.6 Å². The van der Waals surface area contributed by atoms with Crippen LogP contribution >= 0.6 is 0 Å². The zero-order chi connectivity index (χ0) is 27.7. The molecule has 2 aromatic rings. The Bertz CT molecular complexity index is 1120. The lowest BCUT2D eigenvalue weighted by Crippen LogP contribution is -2.57. The second-order valence-corrected chi connectivity index (χ2v) is 9.23. The molecule has 0 radical (unpaired) electrons. The number of primary amides is 1. The summed E-state index contributed by atoms with van der Waals surface area (Å²) in [5, 5.41) is 14.5. The number of likely N-dealkylation sites (tertiary alicyclic amines) is 1. The van der Waals surface area contributed by atoms with Crippen molar-refractivity contribution < 1.29 is 29.1 Å². The Kier molecular flexibility index (Phi) is 9.93. The van der Waals surface area contributed by atoms with Gasteiger partial charge in [-0.15, -0.1) is 0 Å². The van der Waals surface area contributed by atoms with E-state index in [0.29, 0.717) is 31.5 Å². The van der Waals surface area contributed by atoms with Crippen LogP contribution in [0.1, 0.15) is 36.9 Å². The summed E-state index contributed by atoms with van der Waals surface area (Å²) in [6.45, 7) is 0.336. The number of aliphatic carboxylic acids is 1. The highest BCUT2D eigenvalue weighted by Gasteiger charge is 2.38. The fourth-order valence-electron chi connectivity index (χ4n) is 4.38. The fourth-order valence-corrected chi connectivity index (χ4v) is 4.38. The van der Waals surface area contributed by atoms with E-state index in [0.717, 1.165) is 5.56 Å². The summed E-state index contributed by atoms with van der Waals surface area (Å²) in [5.74, 6) is -3.73. The number of hydrogen-bond donors (Lipinski definition) is 6. The molecule has 0 saturated carbocycles. The minimum atomic E-state index is -1.31. The number of aromatic amines is 1. The maximum absolute atomic E-state index is 13.2. The Hall–Kier alpha value is -4.26. The molecule has 204 valence electrons. The van der Waals surface area contributed by atoms with Crippen LogP contribution in [-0.4, -0.2) is 80.3 Å². The lowest BCUT2D eigenvalue weighted by molar-refractivity contribution is -0.143. The molecule has 13 nitrogen and oxygen atoms in total. The average molecular weight is 528 g/mol. The molecule has 1 aromatic carbocycles. The number of carbonyl (C=O) groups excluding carboxylic acids is 4. The van der Waals surface area contributed by atoms with Gasteiger partial charge in [-0.1, -0.05) is 30.3 Å². The van der Waals surface area contributed by atoms with Crippen molar-refractivity contribution in [3.63, 3.8) is 0 Å². The number of carbonyl (C=O) groups is 5. The molecule has 4 atom stereocenters. The molecule has 1 aliphatic rings. The predicted molar refractivity (Wildman–Crippen MR) is 135 cm³/mol. The Labute approximate surface area is 219 Å². The zero-order valence-electron chi connectivity index (χ0n) is 20.8. The largest absolute Gasteiger partial charge is 0.480 e. The number of carboxylic acids is 1. The second kappa shape index (κ2) is 13.3. The summed E-state index contributed by atoms with van der Waals surface area (Å²) in [5.41, 5.74) is 12.8. The number of hydrogen-bond acceptors (Lipinski definition) is 7. The van der Waals surface area contributed by atoms with E-state index in [4.69, 9.17) is 11.5 Å². The van der Waals surface area contributed by atoms with E-state index in [-0.39, 0.29) is 25.2 Å². The number of H-pyrrole nitrogens is 1. The molecule has 13 heteroatoms. The molecule has 8 N–H and O–H groups in total. The topological polar surface area (TPSA) is 214 Å². The van der Waals surface area contributed by atoms with Crippen molar-refractivity contribution in [3.8, 4) is 0 Å². The second-order valence-electron chi connectivity index (χ2n) is 9.23. The van der Waals surface area contributed by atoms with Crippen molar-refractivity contribution in [2.45, 2.75) is 62.7 Å². The first-order valence-electron chi connectivity index (χ1n) is 12.3. The number of imidazole rings is 1. The van der Waals surface area contributed by atoms with Gasteiger partial charge in [-0.3, -0.25) is 19.2 Å². The zero-order valence-corrected chi connectivity index (χ0v) is 20.8. The van der Waals surface area contributed by atoms with Gasteiger partial charge in [-0.05, 0) is 31.2 Å². The highest BCUT2D eigenvalue weighted by Crippen LogP contribution is 2.20. The van der Waals surface area contributed by atoms with Gasteiger partial charge in [0.25, 0.3) is 0 Å². The number of amides is 4. The van der Waals surface area contributed by atoms with Gasteiger partial charge in [0.05, 0.1) is 12.4 Å². The first-order chi connectivity index (χ1) is 18.2. The standard InChI is InChI=1S/C25H33N7O6/c26-17(11-15-5-2-1-3-6-15)24(36)32-10-4-7-20(32)23(35)30-18(8-9-21(27)33)22(34)31-19(25(37)38)12-16-13-28-14-29-16/h1-3,5-6,13-14,17-20H,4,7-12,26H2,(H2,27,33)(H,28,29)(H,30,35)(H,31,34)(H,37,38). The van der Waals surface area contributed by atoms with Gasteiger partial charge in [-0.2, -0.15) is 0 Å². The molecule has 0 spiro atoms. The normalized spacial score (nSPS) is 17.3. The SMILES string of the molecule is NC(=O)CCC(NC(=O)C1CCCN1C(=O)C(N)Cc1ccccc1)C(=O)NC(Cc1cnc[nH]1)C(=O)O. The minimum Gasteiger partial charge on any atom is -0.480 e. The smallest absolute Gasteiger partial charge is 0.326 e. The summed E-state index contributed by atoms with van der Waals surface area (Å²) in [6.07, 6.45) is 3.64. The number of benzene rings is 1. The van der Waals surface area contributed by atoms with E-state index in [2.05, 4.69) is 20.6 Å². The van der Waals surface area contributed by atoms with Crippen LogP contribution < -0.4 is 22.1 Å². The van der Waals surface area contributed by atoms with Crippen LogP contribution in [0.15, 0.2) is 42.9 Å². The number of rotatable bonds is 13. The van der Waals surface area contributed by atoms with Gasteiger partial charge in [0.2, 0.25) is 23.6 Å². The number of carboxylic acid groups (broad SMARTS) is 1. The van der Waals surface area contributed by atoms with Gasteiger partial charge in [0.15, 0.2) is 0 Å². The summed E-state index contributed by atoms with van der Waals surface area (Å²) in [7, 11) is 0. The van der Waals surface area contributed by atoms with Gasteiger partial charge in [0, 0.05) is 31.3 Å². The molecular formula is C25H33N7O6. The van der Waals surface area contributed by atoms with Crippen LogP contribution in [0.5, 0.6) is 0 Å². The molecule has 1 aliphatic heterocycles. The van der Waals surface area contributed by atoms with Crippen LogP contribution in [0.3, 0.4) is 0 Å². The molecule has 1 saturated heterocycles. The lowest BCUT2D eigenvalue weighted by Gasteiger charge is -2.28. The highest BCUT2D eigenvalue weighted by atomic mass is 16.4. The summed E-state index contributed by atoms with van der Waals surface area (Å²) < 4.78 is 0. The van der Waals surface area contributed by atoms with Crippen molar-refractivity contribution in [1.29, 1.82) is 0 Å². The maximum Gasteiger partial charge on any atom is 0.326 e. The Balaban J connectivity index is 1.67. The van der Waals surface area contributed by atoms with E-state index in [1.807, 2.05) is 30.3 Å². The van der Waals surface area contributed by atoms with Crippen LogP contribution in [0.4, 0.5) is 0 Å².